The molecular weight excluding hydrogens is 312 g/mol. The van der Waals surface area contributed by atoms with Gasteiger partial charge in [0.15, 0.2) is 5.82 Å². The molecule has 0 spiro atoms. The quantitative estimate of drug-likeness (QED) is 0.840. The molecule has 0 bridgehead atoms. The van der Waals surface area contributed by atoms with Gasteiger partial charge in [-0.3, -0.25) is 4.79 Å². The number of carbonyl (C=O) groups excluding carboxylic acids is 1. The molecule has 2 aromatic rings. The third kappa shape index (κ3) is 2.96. The second kappa shape index (κ2) is 6.62. The van der Waals surface area contributed by atoms with Crippen LogP contribution >= 0.6 is 0 Å². The summed E-state index contributed by atoms with van der Waals surface area (Å²) >= 11 is 0. The Bertz CT molecular complexity index is 754. The second-order valence-corrected chi connectivity index (χ2v) is 7.63. The first-order chi connectivity index (χ1) is 12.1. The highest BCUT2D eigenvalue weighted by atomic mass is 16.2. The fraction of sp³-hybridized carbons (Fsp3) is 0.550. The summed E-state index contributed by atoms with van der Waals surface area (Å²) in [7, 11) is 0. The number of aromatic nitrogens is 3. The zero-order chi connectivity index (χ0) is 17.4. The van der Waals surface area contributed by atoms with Crippen LogP contribution in [0.1, 0.15) is 55.1 Å². The average Bonchev–Trinajstić information content (AvgIpc) is 3.02. The zero-order valence-corrected chi connectivity index (χ0v) is 15.1. The van der Waals surface area contributed by atoms with Crippen LogP contribution in [0.2, 0.25) is 0 Å². The highest BCUT2D eigenvalue weighted by Crippen LogP contribution is 2.38. The van der Waals surface area contributed by atoms with Gasteiger partial charge in [0.1, 0.15) is 0 Å². The van der Waals surface area contributed by atoms with Crippen molar-refractivity contribution >= 4 is 5.91 Å². The molecule has 2 aliphatic rings. The molecule has 2 fully saturated rings. The molecule has 5 heteroatoms. The Morgan fingerprint density at radius 3 is 2.92 bits per heavy atom. The SMILES string of the molecule is Cc1c(C(=O)N2CCC[C@@H]3C[C@H](C)CC[C@H]32)cnn1-c1ccccn1. The highest BCUT2D eigenvalue weighted by molar-refractivity contribution is 5.95. The molecule has 132 valence electrons. The van der Waals surface area contributed by atoms with Crippen molar-refractivity contribution in [3.63, 3.8) is 0 Å². The Morgan fingerprint density at radius 2 is 2.12 bits per heavy atom. The summed E-state index contributed by atoms with van der Waals surface area (Å²) in [6.07, 6.45) is 9.48. The summed E-state index contributed by atoms with van der Waals surface area (Å²) in [5, 5.41) is 4.42. The molecule has 2 aromatic heterocycles. The first-order valence-electron chi connectivity index (χ1n) is 9.42. The fourth-order valence-corrected chi connectivity index (χ4v) is 4.63. The Kier molecular flexibility index (Phi) is 4.32. The topological polar surface area (TPSA) is 51.0 Å². The molecular formula is C20H26N4O. The number of hydrogen-bond donors (Lipinski definition) is 0. The van der Waals surface area contributed by atoms with Gasteiger partial charge in [-0.2, -0.15) is 5.10 Å². The molecule has 1 saturated carbocycles. The largest absolute Gasteiger partial charge is 0.335 e. The molecule has 4 rings (SSSR count). The summed E-state index contributed by atoms with van der Waals surface area (Å²) in [4.78, 5) is 19.7. The molecule has 0 N–H and O–H groups in total. The van der Waals surface area contributed by atoms with Crippen LogP contribution in [0, 0.1) is 18.8 Å². The van der Waals surface area contributed by atoms with Gasteiger partial charge in [-0.25, -0.2) is 9.67 Å². The lowest BCUT2D eigenvalue weighted by Gasteiger charge is -2.45. The van der Waals surface area contributed by atoms with Crippen LogP contribution in [-0.4, -0.2) is 38.2 Å². The highest BCUT2D eigenvalue weighted by Gasteiger charge is 2.38. The maximum absolute atomic E-state index is 13.3. The first kappa shape index (κ1) is 16.3. The Morgan fingerprint density at radius 1 is 1.24 bits per heavy atom. The number of nitrogens with zero attached hydrogens (tertiary/aromatic N) is 4. The van der Waals surface area contributed by atoms with E-state index in [1.165, 1.54) is 19.3 Å². The van der Waals surface area contributed by atoms with Gasteiger partial charge in [0.25, 0.3) is 5.91 Å². The van der Waals surface area contributed by atoms with E-state index in [0.29, 0.717) is 17.5 Å². The fourth-order valence-electron chi connectivity index (χ4n) is 4.63. The predicted molar refractivity (Wildman–Crippen MR) is 96.7 cm³/mol. The number of likely N-dealkylation sites (tertiary alicyclic amines) is 1. The smallest absolute Gasteiger partial charge is 0.257 e. The van der Waals surface area contributed by atoms with Gasteiger partial charge in [0.2, 0.25) is 0 Å². The minimum Gasteiger partial charge on any atom is -0.335 e. The second-order valence-electron chi connectivity index (χ2n) is 7.63. The number of pyridine rings is 1. The maximum atomic E-state index is 13.3. The minimum absolute atomic E-state index is 0.143. The number of amides is 1. The van der Waals surface area contributed by atoms with Crippen LogP contribution in [0.25, 0.3) is 5.82 Å². The van der Waals surface area contributed by atoms with Crippen LogP contribution in [0.5, 0.6) is 0 Å². The van der Waals surface area contributed by atoms with Gasteiger partial charge in [0, 0.05) is 18.8 Å². The summed E-state index contributed by atoms with van der Waals surface area (Å²) in [5.74, 6) is 2.36. The summed E-state index contributed by atoms with van der Waals surface area (Å²) in [6, 6.07) is 6.14. The molecule has 25 heavy (non-hydrogen) atoms. The van der Waals surface area contributed by atoms with Gasteiger partial charge < -0.3 is 4.90 Å². The van der Waals surface area contributed by atoms with Crippen molar-refractivity contribution in [1.29, 1.82) is 0 Å². The van der Waals surface area contributed by atoms with E-state index in [2.05, 4.69) is 21.9 Å². The van der Waals surface area contributed by atoms with E-state index in [-0.39, 0.29) is 5.91 Å². The molecule has 1 amide bonds. The Hall–Kier alpha value is -2.17. The third-order valence-corrected chi connectivity index (χ3v) is 5.95. The van der Waals surface area contributed by atoms with Crippen LogP contribution < -0.4 is 0 Å². The van der Waals surface area contributed by atoms with Crippen LogP contribution in [0.15, 0.2) is 30.6 Å². The normalized spacial score (nSPS) is 26.3. The van der Waals surface area contributed by atoms with Crippen molar-refractivity contribution in [3.05, 3.63) is 41.9 Å². The van der Waals surface area contributed by atoms with Gasteiger partial charge in [-0.05, 0) is 63.0 Å². The lowest BCUT2D eigenvalue weighted by atomic mass is 9.74. The molecule has 3 heterocycles. The Labute approximate surface area is 149 Å². The number of rotatable bonds is 2. The van der Waals surface area contributed by atoms with E-state index in [1.807, 2.05) is 25.1 Å². The predicted octanol–water partition coefficient (Wildman–Crippen LogP) is 3.62. The molecule has 0 aromatic carbocycles. The summed E-state index contributed by atoms with van der Waals surface area (Å²) in [5.41, 5.74) is 1.58. The van der Waals surface area contributed by atoms with Gasteiger partial charge in [-0.15, -0.1) is 0 Å². The van der Waals surface area contributed by atoms with Crippen LogP contribution in [0.4, 0.5) is 0 Å². The molecule has 0 unspecified atom stereocenters. The maximum Gasteiger partial charge on any atom is 0.257 e. The number of fused-ring (bicyclic) bond motifs is 1. The standard InChI is InChI=1S/C20H26N4O/c1-14-8-9-18-16(12-14)6-5-11-23(18)20(25)17-13-22-24(15(17)2)19-7-3-4-10-21-19/h3-4,7,10,13-14,16,18H,5-6,8-9,11-12H2,1-2H3/t14-,16-,18-/m1/s1. The number of hydrogen-bond acceptors (Lipinski definition) is 3. The number of carbonyl (C=O) groups is 1. The van der Waals surface area contributed by atoms with Crippen LogP contribution in [-0.2, 0) is 0 Å². The molecule has 1 saturated heterocycles. The average molecular weight is 338 g/mol. The summed E-state index contributed by atoms with van der Waals surface area (Å²) < 4.78 is 1.76. The van der Waals surface area contributed by atoms with Gasteiger partial charge in [-0.1, -0.05) is 13.0 Å². The van der Waals surface area contributed by atoms with Crippen molar-refractivity contribution < 1.29 is 4.79 Å². The summed E-state index contributed by atoms with van der Waals surface area (Å²) in [6.45, 7) is 5.18. The Balaban J connectivity index is 1.60. The van der Waals surface area contributed by atoms with Crippen molar-refractivity contribution in [2.75, 3.05) is 6.54 Å². The van der Waals surface area contributed by atoms with Crippen molar-refractivity contribution in [2.24, 2.45) is 11.8 Å². The molecule has 3 atom stereocenters. The van der Waals surface area contributed by atoms with Crippen molar-refractivity contribution in [2.45, 2.75) is 52.0 Å². The molecule has 1 aliphatic carbocycles. The van der Waals surface area contributed by atoms with E-state index < -0.39 is 0 Å². The molecule has 5 nitrogen and oxygen atoms in total. The van der Waals surface area contributed by atoms with Gasteiger partial charge in [0.05, 0.1) is 17.5 Å². The lowest BCUT2D eigenvalue weighted by Crippen LogP contribution is -2.50. The van der Waals surface area contributed by atoms with Crippen molar-refractivity contribution in [1.82, 2.24) is 19.7 Å². The van der Waals surface area contributed by atoms with Crippen LogP contribution in [0.3, 0.4) is 0 Å². The van der Waals surface area contributed by atoms with Crippen molar-refractivity contribution in [3.8, 4) is 5.82 Å². The number of piperidine rings is 1. The monoisotopic (exact) mass is 338 g/mol. The first-order valence-corrected chi connectivity index (χ1v) is 9.42. The lowest BCUT2D eigenvalue weighted by molar-refractivity contribution is 0.0321. The van der Waals surface area contributed by atoms with E-state index in [0.717, 1.165) is 36.8 Å². The van der Waals surface area contributed by atoms with E-state index in [1.54, 1.807) is 17.1 Å². The minimum atomic E-state index is 0.143. The van der Waals surface area contributed by atoms with E-state index in [4.69, 9.17) is 0 Å². The zero-order valence-electron chi connectivity index (χ0n) is 15.1. The molecule has 1 aliphatic heterocycles. The molecule has 0 radical (unpaired) electrons. The van der Waals surface area contributed by atoms with Gasteiger partial charge >= 0.3 is 0 Å². The third-order valence-electron chi connectivity index (χ3n) is 5.95. The van der Waals surface area contributed by atoms with E-state index in [9.17, 15) is 4.79 Å². The van der Waals surface area contributed by atoms with E-state index >= 15 is 0 Å².